The number of nitrogens with one attached hydrogen (secondary N) is 1. The van der Waals surface area contributed by atoms with Gasteiger partial charge in [-0.25, -0.2) is 4.79 Å². The van der Waals surface area contributed by atoms with E-state index in [0.717, 1.165) is 6.07 Å². The number of ketones is 1. The second kappa shape index (κ2) is 9.54. The number of benzene rings is 1. The van der Waals surface area contributed by atoms with Crippen LogP contribution in [0.4, 0.5) is 5.69 Å². The van der Waals surface area contributed by atoms with E-state index in [1.54, 1.807) is 20.8 Å². The van der Waals surface area contributed by atoms with E-state index in [9.17, 15) is 29.6 Å². The number of dihydropyridines is 1. The third-order valence-electron chi connectivity index (χ3n) is 6.07. The molecule has 34 heavy (non-hydrogen) atoms. The van der Waals surface area contributed by atoms with Gasteiger partial charge in [0.15, 0.2) is 11.5 Å². The first-order valence-electron chi connectivity index (χ1n) is 10.6. The summed E-state index contributed by atoms with van der Waals surface area (Å²) in [4.78, 5) is 49.9. The lowest BCUT2D eigenvalue weighted by Crippen LogP contribution is -2.43. The lowest BCUT2D eigenvalue weighted by molar-refractivity contribution is -0.386. The number of Topliss-reactive ketones (excluding diaryl/α,β-unsaturated/α-hetero) is 1. The fraction of sp³-hybridized carbons (Fsp3) is 0.435. The number of carbonyl (C=O) groups is 3. The second-order valence-electron chi connectivity index (χ2n) is 8.10. The number of rotatable bonds is 6. The maximum absolute atomic E-state index is 13.6. The zero-order valence-electron chi connectivity index (χ0n) is 19.5. The fourth-order valence-corrected chi connectivity index (χ4v) is 4.57. The zero-order chi connectivity index (χ0) is 25.3. The highest BCUT2D eigenvalue weighted by molar-refractivity contribution is 6.12. The van der Waals surface area contributed by atoms with Crippen molar-refractivity contribution in [3.05, 3.63) is 50.4 Å². The summed E-state index contributed by atoms with van der Waals surface area (Å²) < 4.78 is 15.2. The molecule has 1 aromatic rings. The maximum atomic E-state index is 13.6. The fourth-order valence-electron chi connectivity index (χ4n) is 4.57. The van der Waals surface area contributed by atoms with Crippen LogP contribution < -0.4 is 10.1 Å². The number of ether oxygens (including phenoxy) is 3. The number of nitrogens with zero attached hydrogens (tertiary/aromatic N) is 1. The number of methoxy groups -OCH3 is 2. The van der Waals surface area contributed by atoms with Gasteiger partial charge in [-0.2, -0.15) is 0 Å². The van der Waals surface area contributed by atoms with E-state index in [1.807, 2.05) is 0 Å². The van der Waals surface area contributed by atoms with Crippen LogP contribution in [0.5, 0.6) is 11.5 Å². The third-order valence-corrected chi connectivity index (χ3v) is 6.07. The summed E-state index contributed by atoms with van der Waals surface area (Å²) in [5.41, 5.74) is 0.593. The number of hydrogen-bond acceptors (Lipinski definition) is 10. The van der Waals surface area contributed by atoms with Crippen LogP contribution in [0.25, 0.3) is 0 Å². The molecule has 11 heteroatoms. The number of phenols is 1. The van der Waals surface area contributed by atoms with E-state index >= 15 is 0 Å². The first-order valence-corrected chi connectivity index (χ1v) is 10.6. The molecule has 1 aromatic carbocycles. The Morgan fingerprint density at radius 1 is 1.29 bits per heavy atom. The van der Waals surface area contributed by atoms with Gasteiger partial charge in [-0.3, -0.25) is 19.7 Å². The summed E-state index contributed by atoms with van der Waals surface area (Å²) in [6.07, 6.45) is 0.308. The zero-order valence-corrected chi connectivity index (χ0v) is 19.5. The molecule has 1 aliphatic heterocycles. The summed E-state index contributed by atoms with van der Waals surface area (Å²) in [6, 6.07) is 2.41. The van der Waals surface area contributed by atoms with E-state index in [0.29, 0.717) is 17.8 Å². The number of phenolic OH excluding ortho intramolecular Hbond substituents is 1. The van der Waals surface area contributed by atoms with E-state index in [1.165, 1.54) is 20.3 Å². The molecule has 11 nitrogen and oxygen atoms in total. The number of nitro groups is 1. The first-order chi connectivity index (χ1) is 16.1. The van der Waals surface area contributed by atoms with E-state index < -0.39 is 45.9 Å². The molecule has 1 heterocycles. The molecule has 0 radical (unpaired) electrons. The van der Waals surface area contributed by atoms with Gasteiger partial charge in [0.05, 0.1) is 31.3 Å². The van der Waals surface area contributed by atoms with Gasteiger partial charge in [0, 0.05) is 29.0 Å². The number of nitro benzene ring substituents is 1. The van der Waals surface area contributed by atoms with E-state index in [-0.39, 0.29) is 35.0 Å². The molecule has 0 bridgehead atoms. The maximum Gasteiger partial charge on any atom is 0.336 e. The van der Waals surface area contributed by atoms with Crippen molar-refractivity contribution in [3.63, 3.8) is 0 Å². The van der Waals surface area contributed by atoms with Crippen LogP contribution >= 0.6 is 0 Å². The van der Waals surface area contributed by atoms with Crippen molar-refractivity contribution in [2.24, 2.45) is 11.8 Å². The van der Waals surface area contributed by atoms with Crippen LogP contribution in [0, 0.1) is 22.0 Å². The molecule has 3 rings (SSSR count). The van der Waals surface area contributed by atoms with Crippen LogP contribution in [-0.4, -0.2) is 48.6 Å². The van der Waals surface area contributed by atoms with Gasteiger partial charge < -0.3 is 24.6 Å². The molecule has 0 spiro atoms. The van der Waals surface area contributed by atoms with E-state index in [4.69, 9.17) is 14.2 Å². The van der Waals surface area contributed by atoms with Crippen molar-refractivity contribution in [1.29, 1.82) is 0 Å². The molecule has 2 N–H and O–H groups in total. The molecule has 3 atom stereocenters. The SMILES string of the molecule is CCOC(=O)C1=C(C)NC2=C(C(=O)[C@H](C(=O)OC)[C@H](C)C2)[C@H]1c1cc(OC)c(O)c([N+](=O)[O-])c1. The monoisotopic (exact) mass is 474 g/mol. The predicted octanol–water partition coefficient (Wildman–Crippen LogP) is 2.49. The molecule has 0 saturated carbocycles. The molecule has 0 unspecified atom stereocenters. The summed E-state index contributed by atoms with van der Waals surface area (Å²) in [6.45, 7) is 5.06. The van der Waals surface area contributed by atoms with Gasteiger partial charge >= 0.3 is 17.6 Å². The molecule has 2 aliphatic rings. The number of carbonyl (C=O) groups excluding carboxylic acids is 3. The highest BCUT2D eigenvalue weighted by Gasteiger charge is 2.47. The van der Waals surface area contributed by atoms with Gasteiger partial charge in [-0.05, 0) is 37.8 Å². The molecule has 0 aromatic heterocycles. The van der Waals surface area contributed by atoms with Crippen LogP contribution in [0.3, 0.4) is 0 Å². The van der Waals surface area contributed by atoms with Gasteiger partial charge in [0.2, 0.25) is 5.75 Å². The first kappa shape index (κ1) is 24.7. The molecule has 182 valence electrons. The van der Waals surface area contributed by atoms with Crippen molar-refractivity contribution >= 4 is 23.4 Å². The third kappa shape index (κ3) is 4.09. The Hall–Kier alpha value is -3.89. The van der Waals surface area contributed by atoms with Crippen LogP contribution in [0.2, 0.25) is 0 Å². The van der Waals surface area contributed by atoms with Crippen LogP contribution in [0.15, 0.2) is 34.7 Å². The summed E-state index contributed by atoms with van der Waals surface area (Å²) in [5, 5.41) is 24.9. The molecular weight excluding hydrogens is 448 g/mol. The molecule has 0 fully saturated rings. The van der Waals surface area contributed by atoms with Crippen molar-refractivity contribution in [2.45, 2.75) is 33.1 Å². The summed E-state index contributed by atoms with van der Waals surface area (Å²) in [5.74, 6) is -5.46. The largest absolute Gasteiger partial charge is 0.500 e. The Morgan fingerprint density at radius 3 is 2.53 bits per heavy atom. The normalized spacial score (nSPS) is 22.0. The minimum Gasteiger partial charge on any atom is -0.500 e. The summed E-state index contributed by atoms with van der Waals surface area (Å²) in [7, 11) is 2.41. The Balaban J connectivity index is 2.32. The molecule has 0 saturated heterocycles. The van der Waals surface area contributed by atoms with Crippen molar-refractivity contribution < 1.29 is 38.6 Å². The quantitative estimate of drug-likeness (QED) is 0.272. The van der Waals surface area contributed by atoms with Crippen molar-refractivity contribution in [3.8, 4) is 11.5 Å². The van der Waals surface area contributed by atoms with Crippen LogP contribution in [0.1, 0.15) is 38.7 Å². The Kier molecular flexibility index (Phi) is 6.94. The number of aromatic hydroxyl groups is 1. The highest BCUT2D eigenvalue weighted by Crippen LogP contribution is 2.48. The number of esters is 2. The number of hydrogen-bond donors (Lipinski definition) is 2. The van der Waals surface area contributed by atoms with Crippen LogP contribution in [-0.2, 0) is 23.9 Å². The minimum atomic E-state index is -1.11. The Morgan fingerprint density at radius 2 is 1.97 bits per heavy atom. The lowest BCUT2D eigenvalue weighted by atomic mass is 9.69. The van der Waals surface area contributed by atoms with Gasteiger partial charge in [-0.1, -0.05) is 6.92 Å². The smallest absolute Gasteiger partial charge is 0.336 e. The van der Waals surface area contributed by atoms with Crippen molar-refractivity contribution in [1.82, 2.24) is 5.32 Å². The topological polar surface area (TPSA) is 154 Å². The van der Waals surface area contributed by atoms with Gasteiger partial charge in [0.1, 0.15) is 5.92 Å². The van der Waals surface area contributed by atoms with Gasteiger partial charge in [-0.15, -0.1) is 0 Å². The molecule has 1 aliphatic carbocycles. The average Bonchev–Trinajstić information content (AvgIpc) is 2.77. The predicted molar refractivity (Wildman–Crippen MR) is 118 cm³/mol. The Labute approximate surface area is 195 Å². The summed E-state index contributed by atoms with van der Waals surface area (Å²) >= 11 is 0. The standard InChI is InChI=1S/C23H26N2O9/c1-6-34-23(29)17-11(3)24-13-7-10(2)16(22(28)33-5)21(27)19(13)18(17)12-8-14(25(30)31)20(26)15(9-12)32-4/h8-10,16,18,24,26H,6-7H2,1-5H3/t10-,16-,18+/m1/s1. The van der Waals surface area contributed by atoms with E-state index in [2.05, 4.69) is 5.32 Å². The minimum absolute atomic E-state index is 0.0586. The lowest BCUT2D eigenvalue weighted by Gasteiger charge is -2.38. The molecule has 0 amide bonds. The van der Waals surface area contributed by atoms with Gasteiger partial charge in [0.25, 0.3) is 0 Å². The Bertz CT molecular complexity index is 1140. The number of allylic oxidation sites excluding steroid dienone is 3. The van der Waals surface area contributed by atoms with Crippen molar-refractivity contribution in [2.75, 3.05) is 20.8 Å². The second-order valence-corrected chi connectivity index (χ2v) is 8.10. The average molecular weight is 474 g/mol. The highest BCUT2D eigenvalue weighted by atomic mass is 16.6. The molecular formula is C23H26N2O9.